The van der Waals surface area contributed by atoms with E-state index in [0.29, 0.717) is 0 Å². The summed E-state index contributed by atoms with van der Waals surface area (Å²) in [4.78, 5) is 2.37. The Kier molecular flexibility index (Phi) is 14.4. The molecule has 5 heteroatoms. The molecule has 0 unspecified atom stereocenters. The first-order valence-electron chi connectivity index (χ1n) is 6.07. The van der Waals surface area contributed by atoms with Crippen LogP contribution in [0.1, 0.15) is 26.2 Å². The second kappa shape index (κ2) is 12.9. The number of hydrogen-bond donors (Lipinski definition) is 0. The van der Waals surface area contributed by atoms with E-state index in [0.717, 1.165) is 31.6 Å². The number of ether oxygens (including phenoxy) is 1. The monoisotopic (exact) mass is 363 g/mol. The first-order valence-corrected chi connectivity index (χ1v) is 6.89. The van der Waals surface area contributed by atoms with E-state index in [-0.39, 0.29) is 46.5 Å². The van der Waals surface area contributed by atoms with Crippen molar-refractivity contribution < 1.29 is 51.3 Å². The van der Waals surface area contributed by atoms with Gasteiger partial charge in [-0.1, -0.05) is 25.5 Å². The zero-order valence-electron chi connectivity index (χ0n) is 11.4. The van der Waals surface area contributed by atoms with Gasteiger partial charge in [-0.15, -0.1) is 18.2 Å². The number of halogens is 2. The molecule has 1 nitrogen and oxygen atoms in total. The molecular weight excluding hydrogens is 347 g/mol. The van der Waals surface area contributed by atoms with E-state index in [9.17, 15) is 0 Å². The fraction of sp³-hybridized carbons (Fsp3) is 0.333. The number of rotatable bonds is 6. The topological polar surface area (TPSA) is 9.23 Å². The Hall–Kier alpha value is 0.144. The standard InChI is InChI=1S/C15H17OS.2ClH.Ti/c1-2-3-12-16-14-10-6-7-11-15(14)17-13-8-4-5-9-13;;;/h4,6-8,10-11H,2-3,5,12H2,1H3;2*1H;/q-1;;;+3/p-2. The molecule has 0 bridgehead atoms. The van der Waals surface area contributed by atoms with Crippen LogP contribution in [0, 0.1) is 6.08 Å². The van der Waals surface area contributed by atoms with Crippen LogP contribution in [0.25, 0.3) is 0 Å². The molecule has 0 saturated carbocycles. The maximum Gasteiger partial charge on any atom is 3.00 e. The van der Waals surface area contributed by atoms with Crippen molar-refractivity contribution in [3.05, 3.63) is 47.4 Å². The molecule has 0 fully saturated rings. The Morgan fingerprint density at radius 2 is 2.00 bits per heavy atom. The second-order valence-electron chi connectivity index (χ2n) is 3.90. The van der Waals surface area contributed by atoms with Crippen LogP contribution in [-0.2, 0) is 21.7 Å². The quantitative estimate of drug-likeness (QED) is 0.349. The van der Waals surface area contributed by atoms with Gasteiger partial charge in [0.2, 0.25) is 0 Å². The third-order valence-electron chi connectivity index (χ3n) is 2.49. The molecular formula is C15H17Cl2OSTi. The van der Waals surface area contributed by atoms with Gasteiger partial charge in [0.25, 0.3) is 0 Å². The number of unbranched alkanes of at least 4 members (excludes halogenated alkanes) is 1. The van der Waals surface area contributed by atoms with Crippen LogP contribution in [0.3, 0.4) is 0 Å². The van der Waals surface area contributed by atoms with E-state index < -0.39 is 0 Å². The minimum Gasteiger partial charge on any atom is -1.00 e. The third-order valence-corrected chi connectivity index (χ3v) is 3.55. The van der Waals surface area contributed by atoms with Gasteiger partial charge in [0.15, 0.2) is 0 Å². The fourth-order valence-electron chi connectivity index (χ4n) is 1.55. The van der Waals surface area contributed by atoms with E-state index in [2.05, 4.69) is 31.2 Å². The fourth-order valence-corrected chi connectivity index (χ4v) is 2.48. The second-order valence-corrected chi connectivity index (χ2v) is 4.98. The van der Waals surface area contributed by atoms with E-state index >= 15 is 0 Å². The molecule has 20 heavy (non-hydrogen) atoms. The average Bonchev–Trinajstić information content (AvgIpc) is 2.84. The first kappa shape index (κ1) is 22.4. The summed E-state index contributed by atoms with van der Waals surface area (Å²) in [5, 5.41) is 0. The molecule has 0 amide bonds. The van der Waals surface area contributed by atoms with Crippen molar-refractivity contribution in [2.75, 3.05) is 6.61 Å². The summed E-state index contributed by atoms with van der Waals surface area (Å²) >= 11 is 1.73. The van der Waals surface area contributed by atoms with Gasteiger partial charge in [-0.25, -0.2) is 6.08 Å². The number of hydrogen-bond acceptors (Lipinski definition) is 2. The van der Waals surface area contributed by atoms with Gasteiger partial charge in [-0.05, 0) is 18.6 Å². The SMILES string of the molecule is CCCCOc1ccccc1SC1=[C-]CC=C1.[Cl-].[Cl-].[Ti+3]. The average molecular weight is 364 g/mol. The van der Waals surface area contributed by atoms with Crippen LogP contribution >= 0.6 is 11.8 Å². The van der Waals surface area contributed by atoms with Crippen molar-refractivity contribution in [1.29, 1.82) is 0 Å². The maximum atomic E-state index is 5.80. The van der Waals surface area contributed by atoms with Gasteiger partial charge in [-0.3, -0.25) is 6.08 Å². The number of benzene rings is 1. The van der Waals surface area contributed by atoms with Gasteiger partial charge in [-0.2, -0.15) is 11.0 Å². The molecule has 107 valence electrons. The smallest absolute Gasteiger partial charge is 1.00 e. The zero-order chi connectivity index (χ0) is 11.9. The van der Waals surface area contributed by atoms with Crippen molar-refractivity contribution >= 4 is 11.8 Å². The van der Waals surface area contributed by atoms with E-state index in [1.165, 1.54) is 9.80 Å². The molecule has 0 N–H and O–H groups in total. The van der Waals surface area contributed by atoms with Crippen molar-refractivity contribution in [2.45, 2.75) is 31.1 Å². The summed E-state index contributed by atoms with van der Waals surface area (Å²) in [5.41, 5.74) is 0. The predicted octanol–water partition coefficient (Wildman–Crippen LogP) is -1.39. The first-order chi connectivity index (χ1) is 8.40. The van der Waals surface area contributed by atoms with E-state index in [1.807, 2.05) is 18.2 Å². The largest absolute Gasteiger partial charge is 3.00 e. The zero-order valence-corrected chi connectivity index (χ0v) is 15.3. The Balaban J connectivity index is 0. The maximum absolute atomic E-state index is 5.80. The molecule has 2 rings (SSSR count). The molecule has 1 aliphatic rings. The van der Waals surface area contributed by atoms with Crippen molar-refractivity contribution in [3.8, 4) is 5.75 Å². The van der Waals surface area contributed by atoms with Crippen molar-refractivity contribution in [1.82, 2.24) is 0 Å². The number of allylic oxidation sites excluding steroid dienone is 3. The Morgan fingerprint density at radius 3 is 2.65 bits per heavy atom. The van der Waals surface area contributed by atoms with Gasteiger partial charge >= 0.3 is 21.7 Å². The minimum atomic E-state index is 0. The third kappa shape index (κ3) is 7.24. The molecule has 0 saturated heterocycles. The van der Waals surface area contributed by atoms with Crippen LogP contribution in [0.5, 0.6) is 5.75 Å². The summed E-state index contributed by atoms with van der Waals surface area (Å²) in [6, 6.07) is 8.21. The summed E-state index contributed by atoms with van der Waals surface area (Å²) in [5.74, 6) is 0.987. The summed E-state index contributed by atoms with van der Waals surface area (Å²) < 4.78 is 5.80. The molecule has 1 aromatic rings. The van der Waals surface area contributed by atoms with E-state index in [4.69, 9.17) is 4.74 Å². The minimum absolute atomic E-state index is 0. The number of thioether (sulfide) groups is 1. The molecule has 1 aliphatic carbocycles. The summed E-state index contributed by atoms with van der Waals surface area (Å²) in [7, 11) is 0. The molecule has 0 atom stereocenters. The normalized spacial score (nSPS) is 11.8. The van der Waals surface area contributed by atoms with Crippen molar-refractivity contribution in [3.63, 3.8) is 0 Å². The van der Waals surface area contributed by atoms with Crippen LogP contribution in [0.4, 0.5) is 0 Å². The van der Waals surface area contributed by atoms with Gasteiger partial charge < -0.3 is 29.6 Å². The molecule has 1 radical (unpaired) electrons. The van der Waals surface area contributed by atoms with Crippen molar-refractivity contribution in [2.24, 2.45) is 0 Å². The molecule has 1 aromatic carbocycles. The molecule has 0 aromatic heterocycles. The van der Waals surface area contributed by atoms with Gasteiger partial charge in [0.1, 0.15) is 5.75 Å². The predicted molar refractivity (Wildman–Crippen MR) is 73.2 cm³/mol. The van der Waals surface area contributed by atoms with Crippen LogP contribution in [0.2, 0.25) is 0 Å². The Bertz CT molecular complexity index is 436. The summed E-state index contributed by atoms with van der Waals surface area (Å²) in [6.07, 6.45) is 10.8. The van der Waals surface area contributed by atoms with Gasteiger partial charge in [0.05, 0.1) is 11.5 Å². The van der Waals surface area contributed by atoms with Crippen LogP contribution in [-0.4, -0.2) is 6.61 Å². The molecule has 0 spiro atoms. The van der Waals surface area contributed by atoms with Crippen LogP contribution in [0.15, 0.2) is 46.2 Å². The molecule has 0 heterocycles. The van der Waals surface area contributed by atoms with Crippen LogP contribution < -0.4 is 29.6 Å². The molecule has 0 aliphatic heterocycles. The Morgan fingerprint density at radius 1 is 1.25 bits per heavy atom. The summed E-state index contributed by atoms with van der Waals surface area (Å²) in [6.45, 7) is 2.97. The Labute approximate surface area is 153 Å². The number of para-hydroxylation sites is 1. The van der Waals surface area contributed by atoms with Gasteiger partial charge in [0, 0.05) is 0 Å². The van der Waals surface area contributed by atoms with E-state index in [1.54, 1.807) is 11.8 Å².